The number of nitrogens with one attached hydrogen (secondary N) is 1. The van der Waals surface area contributed by atoms with Gasteiger partial charge in [0.15, 0.2) is 5.65 Å². The maximum absolute atomic E-state index is 11.3. The number of rotatable bonds is 3. The fourth-order valence-corrected chi connectivity index (χ4v) is 1.88. The van der Waals surface area contributed by atoms with E-state index < -0.39 is 0 Å². The van der Waals surface area contributed by atoms with E-state index in [-0.39, 0.29) is 5.69 Å². The van der Waals surface area contributed by atoms with Crippen molar-refractivity contribution in [3.63, 3.8) is 0 Å². The smallest absolute Gasteiger partial charge is 0.288 e. The summed E-state index contributed by atoms with van der Waals surface area (Å²) in [6.45, 7) is 2.10. The third-order valence-electron chi connectivity index (χ3n) is 2.73. The highest BCUT2D eigenvalue weighted by Gasteiger charge is 2.07. The van der Waals surface area contributed by atoms with Crippen LogP contribution in [0.3, 0.4) is 0 Å². The second-order valence-corrected chi connectivity index (χ2v) is 3.97. The van der Waals surface area contributed by atoms with Gasteiger partial charge in [-0.3, -0.25) is 4.57 Å². The zero-order valence-electron chi connectivity index (χ0n) is 9.87. The van der Waals surface area contributed by atoms with E-state index in [0.29, 0.717) is 11.5 Å². The quantitative estimate of drug-likeness (QED) is 0.729. The normalized spacial score (nSPS) is 11.2. The summed E-state index contributed by atoms with van der Waals surface area (Å²) in [6, 6.07) is 1.75. The summed E-state index contributed by atoms with van der Waals surface area (Å²) in [5.74, 6) is 1.66. The summed E-state index contributed by atoms with van der Waals surface area (Å²) in [5.41, 5.74) is 0.254. The summed E-state index contributed by atoms with van der Waals surface area (Å²) < 4.78 is 3.27. The predicted octanol–water partition coefficient (Wildman–Crippen LogP) is 0.556. The fourth-order valence-electron chi connectivity index (χ4n) is 1.88. The molecule has 7 heteroatoms. The second kappa shape index (κ2) is 4.10. The number of aromatic amines is 1. The van der Waals surface area contributed by atoms with Gasteiger partial charge in [0.25, 0.3) is 0 Å². The van der Waals surface area contributed by atoms with Gasteiger partial charge in [0, 0.05) is 24.9 Å². The Bertz CT molecular complexity index is 737. The summed E-state index contributed by atoms with van der Waals surface area (Å²) in [4.78, 5) is 19.9. The number of aryl methyl sites for hydroxylation is 1. The molecule has 3 rings (SSSR count). The monoisotopic (exact) mass is 244 g/mol. The topological polar surface area (TPSA) is 80.9 Å². The van der Waals surface area contributed by atoms with Crippen LogP contribution in [0, 0.1) is 0 Å². The Balaban J connectivity index is 2.13. The van der Waals surface area contributed by atoms with Crippen LogP contribution in [0.15, 0.2) is 29.6 Å². The first-order valence-electron chi connectivity index (χ1n) is 5.75. The summed E-state index contributed by atoms with van der Waals surface area (Å²) >= 11 is 0. The standard InChI is InChI=1S/C11H12N6O/c1-2-3-8-12-4-5-16(8)9-6-10-14-15-11(18)17(10)7-13-9/h4-7H,2-3H2,1H3,(H,15,18). The van der Waals surface area contributed by atoms with Crippen LogP contribution in [-0.2, 0) is 6.42 Å². The highest BCUT2D eigenvalue weighted by atomic mass is 16.1. The lowest BCUT2D eigenvalue weighted by atomic mass is 10.3. The Morgan fingerprint density at radius 2 is 2.28 bits per heavy atom. The van der Waals surface area contributed by atoms with E-state index in [0.717, 1.165) is 18.7 Å². The lowest BCUT2D eigenvalue weighted by molar-refractivity contribution is 0.794. The van der Waals surface area contributed by atoms with Crippen molar-refractivity contribution in [2.24, 2.45) is 0 Å². The van der Waals surface area contributed by atoms with Crippen molar-refractivity contribution in [3.05, 3.63) is 41.1 Å². The average molecular weight is 244 g/mol. The molecule has 92 valence electrons. The van der Waals surface area contributed by atoms with Gasteiger partial charge in [-0.2, -0.15) is 5.10 Å². The lowest BCUT2D eigenvalue weighted by Crippen LogP contribution is -2.10. The van der Waals surface area contributed by atoms with Crippen LogP contribution < -0.4 is 5.69 Å². The highest BCUT2D eigenvalue weighted by molar-refractivity contribution is 5.42. The van der Waals surface area contributed by atoms with Gasteiger partial charge < -0.3 is 0 Å². The van der Waals surface area contributed by atoms with Crippen LogP contribution >= 0.6 is 0 Å². The molecule has 0 amide bonds. The molecule has 3 aromatic heterocycles. The predicted molar refractivity (Wildman–Crippen MR) is 64.7 cm³/mol. The minimum atomic E-state index is -0.288. The van der Waals surface area contributed by atoms with Gasteiger partial charge in [-0.25, -0.2) is 24.3 Å². The Morgan fingerprint density at radius 3 is 3.11 bits per heavy atom. The van der Waals surface area contributed by atoms with Gasteiger partial charge in [-0.1, -0.05) is 6.92 Å². The van der Waals surface area contributed by atoms with Gasteiger partial charge in [0.05, 0.1) is 0 Å². The molecular formula is C11H12N6O. The van der Waals surface area contributed by atoms with E-state index in [2.05, 4.69) is 27.1 Å². The number of fused-ring (bicyclic) bond motifs is 1. The molecule has 0 saturated carbocycles. The van der Waals surface area contributed by atoms with Crippen molar-refractivity contribution < 1.29 is 0 Å². The number of imidazole rings is 1. The number of hydrogen-bond donors (Lipinski definition) is 1. The van der Waals surface area contributed by atoms with Gasteiger partial charge >= 0.3 is 5.69 Å². The molecule has 0 bridgehead atoms. The number of H-pyrrole nitrogens is 1. The van der Waals surface area contributed by atoms with Gasteiger partial charge in [-0.15, -0.1) is 0 Å². The van der Waals surface area contributed by atoms with Crippen LogP contribution in [-0.4, -0.2) is 29.1 Å². The minimum Gasteiger partial charge on any atom is -0.288 e. The third kappa shape index (κ3) is 1.60. The van der Waals surface area contributed by atoms with E-state index >= 15 is 0 Å². The molecular weight excluding hydrogens is 232 g/mol. The highest BCUT2D eigenvalue weighted by Crippen LogP contribution is 2.10. The first-order chi connectivity index (χ1) is 8.79. The Morgan fingerprint density at radius 1 is 1.39 bits per heavy atom. The van der Waals surface area contributed by atoms with Crippen LogP contribution in [0.1, 0.15) is 19.2 Å². The molecule has 3 heterocycles. The van der Waals surface area contributed by atoms with Crippen molar-refractivity contribution in [1.82, 2.24) is 29.1 Å². The molecule has 0 atom stereocenters. The van der Waals surface area contributed by atoms with E-state index in [9.17, 15) is 4.79 Å². The molecule has 0 fully saturated rings. The largest absolute Gasteiger partial charge is 0.348 e. The molecule has 0 aliphatic heterocycles. The van der Waals surface area contributed by atoms with Crippen molar-refractivity contribution >= 4 is 5.65 Å². The van der Waals surface area contributed by atoms with Crippen molar-refractivity contribution in [2.75, 3.05) is 0 Å². The Hall–Kier alpha value is -2.44. The number of hydrogen-bond acceptors (Lipinski definition) is 4. The summed E-state index contributed by atoms with van der Waals surface area (Å²) in [6.07, 6.45) is 6.96. The van der Waals surface area contributed by atoms with Crippen LogP contribution in [0.25, 0.3) is 11.5 Å². The van der Waals surface area contributed by atoms with E-state index in [4.69, 9.17) is 0 Å². The maximum Gasteiger partial charge on any atom is 0.348 e. The molecule has 1 N–H and O–H groups in total. The molecule has 0 saturated heterocycles. The van der Waals surface area contributed by atoms with Gasteiger partial charge in [0.2, 0.25) is 0 Å². The average Bonchev–Trinajstić information content (AvgIpc) is 2.97. The first kappa shape index (κ1) is 10.7. The van der Waals surface area contributed by atoms with E-state index in [1.807, 2.05) is 10.8 Å². The molecule has 0 aliphatic rings. The number of aromatic nitrogens is 6. The Labute approximate surface area is 102 Å². The van der Waals surface area contributed by atoms with Gasteiger partial charge in [-0.05, 0) is 6.42 Å². The van der Waals surface area contributed by atoms with Crippen LogP contribution in [0.4, 0.5) is 0 Å². The molecule has 0 spiro atoms. The Kier molecular flexibility index (Phi) is 2.44. The maximum atomic E-state index is 11.3. The van der Waals surface area contributed by atoms with Crippen LogP contribution in [0.5, 0.6) is 0 Å². The van der Waals surface area contributed by atoms with Crippen molar-refractivity contribution in [1.29, 1.82) is 0 Å². The fraction of sp³-hybridized carbons (Fsp3) is 0.273. The molecule has 3 aromatic rings. The molecule has 0 unspecified atom stereocenters. The zero-order valence-corrected chi connectivity index (χ0v) is 9.87. The SMILES string of the molecule is CCCc1nccn1-c1cc2n[nH]c(=O)n2cn1. The number of nitrogens with zero attached hydrogens (tertiary/aromatic N) is 5. The van der Waals surface area contributed by atoms with Gasteiger partial charge in [0.1, 0.15) is 18.0 Å². The first-order valence-corrected chi connectivity index (χ1v) is 5.75. The van der Waals surface area contributed by atoms with E-state index in [1.54, 1.807) is 12.3 Å². The summed E-state index contributed by atoms with van der Waals surface area (Å²) in [7, 11) is 0. The van der Waals surface area contributed by atoms with E-state index in [1.165, 1.54) is 10.7 Å². The zero-order chi connectivity index (χ0) is 12.5. The molecule has 7 nitrogen and oxygen atoms in total. The second-order valence-electron chi connectivity index (χ2n) is 3.97. The van der Waals surface area contributed by atoms with Crippen molar-refractivity contribution in [2.45, 2.75) is 19.8 Å². The third-order valence-corrected chi connectivity index (χ3v) is 2.73. The van der Waals surface area contributed by atoms with Crippen LogP contribution in [0.2, 0.25) is 0 Å². The van der Waals surface area contributed by atoms with Crippen molar-refractivity contribution in [3.8, 4) is 5.82 Å². The summed E-state index contributed by atoms with van der Waals surface area (Å²) in [5, 5.41) is 6.30. The molecule has 0 aliphatic carbocycles. The molecule has 18 heavy (non-hydrogen) atoms. The molecule has 0 radical (unpaired) electrons. The lowest BCUT2D eigenvalue weighted by Gasteiger charge is -2.05. The molecule has 0 aromatic carbocycles. The minimum absolute atomic E-state index is 0.288.